The molecule has 4 nitrogen and oxygen atoms in total. The molecule has 3 aromatic rings. The molecule has 2 aromatic carbocycles. The molecule has 3 rings (SSSR count). The Kier molecular flexibility index (Phi) is 6.52. The van der Waals surface area contributed by atoms with Gasteiger partial charge in [-0.3, -0.25) is 0 Å². The summed E-state index contributed by atoms with van der Waals surface area (Å²) >= 11 is 0. The van der Waals surface area contributed by atoms with Gasteiger partial charge in [-0.25, -0.2) is 8.78 Å². The summed E-state index contributed by atoms with van der Waals surface area (Å²) in [5, 5.41) is 0.566. The van der Waals surface area contributed by atoms with Gasteiger partial charge >= 0.3 is 0 Å². The number of unbranched alkanes of at least 4 members (excludes halogenated alkanes) is 1. The lowest BCUT2D eigenvalue weighted by atomic mass is 10.00. The van der Waals surface area contributed by atoms with Gasteiger partial charge < -0.3 is 20.2 Å². The molecule has 6 heteroatoms. The number of hydrogen-bond donors (Lipinski definition) is 2. The zero-order valence-electron chi connectivity index (χ0n) is 16.3. The maximum Gasteiger partial charge on any atom is 0.161 e. The summed E-state index contributed by atoms with van der Waals surface area (Å²) < 4.78 is 39.6. The van der Waals surface area contributed by atoms with E-state index in [0.717, 1.165) is 35.7 Å². The molecule has 0 fully saturated rings. The van der Waals surface area contributed by atoms with Crippen molar-refractivity contribution in [2.45, 2.75) is 33.1 Å². The van der Waals surface area contributed by atoms with Gasteiger partial charge in [-0.05, 0) is 69.5 Å². The van der Waals surface area contributed by atoms with Crippen LogP contribution in [0.4, 0.5) is 8.78 Å². The van der Waals surface area contributed by atoms with Crippen LogP contribution in [0.2, 0.25) is 0 Å². The molecule has 0 amide bonds. The normalized spacial score (nSPS) is 11.2. The second-order valence-electron chi connectivity index (χ2n) is 6.56. The van der Waals surface area contributed by atoms with Gasteiger partial charge in [0.2, 0.25) is 0 Å². The van der Waals surface area contributed by atoms with E-state index in [2.05, 4.69) is 4.98 Å². The van der Waals surface area contributed by atoms with Crippen molar-refractivity contribution in [3.63, 3.8) is 0 Å². The Morgan fingerprint density at radius 3 is 2.43 bits per heavy atom. The molecule has 150 valence electrons. The van der Waals surface area contributed by atoms with Crippen molar-refractivity contribution in [1.82, 2.24) is 4.98 Å². The lowest BCUT2D eigenvalue weighted by Gasteiger charge is -2.13. The SMILES string of the molecule is CCOc1ccc(-c2[nH]c3c(F)cc(F)cc3c2CCCCN)cc1OCC. The Balaban J connectivity index is 2.14. The highest BCUT2D eigenvalue weighted by Gasteiger charge is 2.18. The summed E-state index contributed by atoms with van der Waals surface area (Å²) in [5.74, 6) is 0.0980. The van der Waals surface area contributed by atoms with E-state index in [0.29, 0.717) is 48.6 Å². The molecule has 0 atom stereocenters. The van der Waals surface area contributed by atoms with Gasteiger partial charge in [0.25, 0.3) is 0 Å². The Labute approximate surface area is 163 Å². The number of aromatic nitrogens is 1. The highest BCUT2D eigenvalue weighted by atomic mass is 19.1. The minimum atomic E-state index is -0.600. The molecule has 0 aliphatic rings. The fourth-order valence-electron chi connectivity index (χ4n) is 3.43. The third kappa shape index (κ3) is 4.12. The van der Waals surface area contributed by atoms with Crippen LogP contribution in [0.1, 0.15) is 32.3 Å². The predicted molar refractivity (Wildman–Crippen MR) is 108 cm³/mol. The van der Waals surface area contributed by atoms with Crippen LogP contribution in [0.15, 0.2) is 30.3 Å². The number of fused-ring (bicyclic) bond motifs is 1. The summed E-state index contributed by atoms with van der Waals surface area (Å²) in [5.41, 5.74) is 8.41. The second kappa shape index (κ2) is 9.06. The van der Waals surface area contributed by atoms with E-state index < -0.39 is 11.6 Å². The number of rotatable bonds is 9. The topological polar surface area (TPSA) is 60.3 Å². The number of H-pyrrole nitrogens is 1. The molecule has 0 bridgehead atoms. The molecule has 0 aliphatic carbocycles. The third-order valence-electron chi connectivity index (χ3n) is 4.64. The molecule has 0 saturated heterocycles. The maximum absolute atomic E-state index is 14.4. The van der Waals surface area contributed by atoms with Crippen molar-refractivity contribution in [2.75, 3.05) is 19.8 Å². The van der Waals surface area contributed by atoms with Crippen molar-refractivity contribution in [3.05, 3.63) is 47.5 Å². The molecule has 0 spiro atoms. The third-order valence-corrected chi connectivity index (χ3v) is 4.64. The van der Waals surface area contributed by atoms with Crippen molar-refractivity contribution >= 4 is 10.9 Å². The fourth-order valence-corrected chi connectivity index (χ4v) is 3.43. The highest BCUT2D eigenvalue weighted by Crippen LogP contribution is 2.37. The summed E-state index contributed by atoms with van der Waals surface area (Å²) in [6.45, 7) is 5.42. The van der Waals surface area contributed by atoms with E-state index in [4.69, 9.17) is 15.2 Å². The molecule has 0 saturated carbocycles. The van der Waals surface area contributed by atoms with Crippen LogP contribution in [0.5, 0.6) is 11.5 Å². The molecule has 1 heterocycles. The smallest absolute Gasteiger partial charge is 0.161 e. The molecular weight excluding hydrogens is 362 g/mol. The summed E-state index contributed by atoms with van der Waals surface area (Å²) in [6.07, 6.45) is 2.36. The molecule has 0 radical (unpaired) electrons. The van der Waals surface area contributed by atoms with Crippen molar-refractivity contribution in [2.24, 2.45) is 5.73 Å². The zero-order chi connectivity index (χ0) is 20.1. The number of nitrogens with two attached hydrogens (primary N) is 1. The summed E-state index contributed by atoms with van der Waals surface area (Å²) in [7, 11) is 0. The van der Waals surface area contributed by atoms with Gasteiger partial charge in [-0.15, -0.1) is 0 Å². The van der Waals surface area contributed by atoms with E-state index in [1.165, 1.54) is 6.07 Å². The van der Waals surface area contributed by atoms with Crippen LogP contribution in [-0.2, 0) is 6.42 Å². The van der Waals surface area contributed by atoms with E-state index >= 15 is 0 Å². The quantitative estimate of drug-likeness (QED) is 0.496. The molecule has 28 heavy (non-hydrogen) atoms. The van der Waals surface area contributed by atoms with Crippen molar-refractivity contribution in [3.8, 4) is 22.8 Å². The number of aromatic amines is 1. The van der Waals surface area contributed by atoms with E-state index in [1.54, 1.807) is 0 Å². The van der Waals surface area contributed by atoms with Gasteiger partial charge in [0.15, 0.2) is 11.5 Å². The lowest BCUT2D eigenvalue weighted by Crippen LogP contribution is -2.00. The summed E-state index contributed by atoms with van der Waals surface area (Å²) in [4.78, 5) is 3.15. The largest absolute Gasteiger partial charge is 0.490 e. The maximum atomic E-state index is 14.4. The Hall–Kier alpha value is -2.60. The van der Waals surface area contributed by atoms with Crippen LogP contribution >= 0.6 is 0 Å². The number of nitrogens with one attached hydrogen (secondary N) is 1. The molecule has 1 aromatic heterocycles. The number of ether oxygens (including phenoxy) is 2. The van der Waals surface area contributed by atoms with Crippen LogP contribution in [0.25, 0.3) is 22.2 Å². The standard InChI is InChI=1S/C22H26F2N2O2/c1-3-27-19-9-8-14(11-20(19)28-4-2)21-16(7-5-6-10-25)17-12-15(23)13-18(24)22(17)26-21/h8-9,11-13,26H,3-7,10,25H2,1-2H3. The average molecular weight is 388 g/mol. The fraction of sp³-hybridized carbons (Fsp3) is 0.364. The number of hydrogen-bond acceptors (Lipinski definition) is 3. The minimum absolute atomic E-state index is 0.311. The van der Waals surface area contributed by atoms with Gasteiger partial charge in [-0.2, -0.15) is 0 Å². The van der Waals surface area contributed by atoms with E-state index in [9.17, 15) is 8.78 Å². The van der Waals surface area contributed by atoms with Crippen molar-refractivity contribution in [1.29, 1.82) is 0 Å². The van der Waals surface area contributed by atoms with Gasteiger partial charge in [0.05, 0.1) is 18.7 Å². The zero-order valence-corrected chi connectivity index (χ0v) is 16.3. The van der Waals surface area contributed by atoms with Crippen LogP contribution < -0.4 is 15.2 Å². The first kappa shape index (κ1) is 20.1. The molecule has 3 N–H and O–H groups in total. The first-order chi connectivity index (χ1) is 13.6. The monoisotopic (exact) mass is 388 g/mol. The van der Waals surface area contributed by atoms with Crippen LogP contribution in [0.3, 0.4) is 0 Å². The predicted octanol–water partition coefficient (Wildman–Crippen LogP) is 5.19. The number of aryl methyl sites for hydroxylation is 1. The van der Waals surface area contributed by atoms with Gasteiger partial charge in [0, 0.05) is 22.7 Å². The molecule has 0 aliphatic heterocycles. The van der Waals surface area contributed by atoms with Crippen LogP contribution in [0, 0.1) is 11.6 Å². The van der Waals surface area contributed by atoms with Crippen molar-refractivity contribution < 1.29 is 18.3 Å². The lowest BCUT2D eigenvalue weighted by molar-refractivity contribution is 0.288. The van der Waals surface area contributed by atoms with Crippen LogP contribution in [-0.4, -0.2) is 24.7 Å². The average Bonchev–Trinajstić information content (AvgIpc) is 3.03. The first-order valence-electron chi connectivity index (χ1n) is 9.68. The number of benzene rings is 2. The second-order valence-corrected chi connectivity index (χ2v) is 6.56. The minimum Gasteiger partial charge on any atom is -0.490 e. The van der Waals surface area contributed by atoms with Gasteiger partial charge in [0.1, 0.15) is 11.6 Å². The Morgan fingerprint density at radius 1 is 0.964 bits per heavy atom. The Bertz CT molecular complexity index is 953. The number of halogens is 2. The summed E-state index contributed by atoms with van der Waals surface area (Å²) in [6, 6.07) is 7.90. The first-order valence-corrected chi connectivity index (χ1v) is 9.68. The van der Waals surface area contributed by atoms with Gasteiger partial charge in [-0.1, -0.05) is 0 Å². The highest BCUT2D eigenvalue weighted by molar-refractivity contribution is 5.91. The van der Waals surface area contributed by atoms with E-state index in [1.807, 2.05) is 32.0 Å². The van der Waals surface area contributed by atoms with E-state index in [-0.39, 0.29) is 0 Å². The molecule has 0 unspecified atom stereocenters. The Morgan fingerprint density at radius 2 is 1.71 bits per heavy atom. The molecular formula is C22H26F2N2O2.